The molecule has 0 unspecified atom stereocenters. The number of hydrogen-bond acceptors (Lipinski definition) is 3. The van der Waals surface area contributed by atoms with E-state index in [1.807, 2.05) is 6.07 Å². The number of pyridine rings is 1. The van der Waals surface area contributed by atoms with Gasteiger partial charge in [0.25, 0.3) is 0 Å². The summed E-state index contributed by atoms with van der Waals surface area (Å²) in [6.45, 7) is 2.37. The number of fused-ring (bicyclic) bond motifs is 2. The second-order valence-corrected chi connectivity index (χ2v) is 5.83. The highest BCUT2D eigenvalue weighted by Gasteiger charge is 2.21. The summed E-state index contributed by atoms with van der Waals surface area (Å²) in [5.41, 5.74) is 10.3. The second-order valence-electron chi connectivity index (χ2n) is 4.99. The van der Waals surface area contributed by atoms with Crippen LogP contribution in [0.5, 0.6) is 0 Å². The molecule has 3 nitrogen and oxygen atoms in total. The Balaban J connectivity index is 2.36. The number of likely N-dealkylation sites (N-methyl/N-ethyl adjacent to an activating group) is 1. The summed E-state index contributed by atoms with van der Waals surface area (Å²) < 4.78 is 0. The smallest absolute Gasteiger partial charge is 0.0738 e. The van der Waals surface area contributed by atoms with Gasteiger partial charge in [-0.1, -0.05) is 23.2 Å². The van der Waals surface area contributed by atoms with E-state index in [-0.39, 0.29) is 0 Å². The third-order valence-electron chi connectivity index (χ3n) is 3.67. The van der Waals surface area contributed by atoms with Gasteiger partial charge in [0.2, 0.25) is 0 Å². The molecule has 1 aromatic heterocycles. The lowest BCUT2D eigenvalue weighted by Gasteiger charge is -2.27. The quantitative estimate of drug-likeness (QED) is 0.879. The molecule has 0 fully saturated rings. The van der Waals surface area contributed by atoms with Crippen LogP contribution in [0, 0.1) is 0 Å². The van der Waals surface area contributed by atoms with Crippen LogP contribution in [0.25, 0.3) is 10.9 Å². The first-order chi connectivity index (χ1) is 9.10. The predicted octanol–water partition coefficient (Wildman–Crippen LogP) is 2.99. The molecule has 2 aromatic rings. The number of aromatic nitrogens is 1. The summed E-state index contributed by atoms with van der Waals surface area (Å²) in [6, 6.07) is 3.62. The lowest BCUT2D eigenvalue weighted by Crippen LogP contribution is -2.29. The van der Waals surface area contributed by atoms with E-state index in [2.05, 4.69) is 11.9 Å². The van der Waals surface area contributed by atoms with E-state index in [0.29, 0.717) is 16.6 Å². The molecule has 3 rings (SSSR count). The highest BCUT2D eigenvalue weighted by Crippen LogP contribution is 2.34. The van der Waals surface area contributed by atoms with Crippen molar-refractivity contribution in [1.82, 2.24) is 9.88 Å². The van der Waals surface area contributed by atoms with Crippen LogP contribution >= 0.6 is 23.2 Å². The van der Waals surface area contributed by atoms with Crippen LogP contribution in [0.4, 0.5) is 0 Å². The van der Waals surface area contributed by atoms with Gasteiger partial charge in [0.15, 0.2) is 0 Å². The first kappa shape index (κ1) is 13.1. The number of nitrogens with two attached hydrogens (primary N) is 1. The summed E-state index contributed by atoms with van der Waals surface area (Å²) in [5.74, 6) is 0. The molecule has 0 atom stereocenters. The summed E-state index contributed by atoms with van der Waals surface area (Å²) in [4.78, 5) is 7.01. The van der Waals surface area contributed by atoms with Crippen molar-refractivity contribution in [3.63, 3.8) is 0 Å². The summed E-state index contributed by atoms with van der Waals surface area (Å²) in [7, 11) is 2.11. The highest BCUT2D eigenvalue weighted by atomic mass is 35.5. The molecule has 5 heteroatoms. The fourth-order valence-corrected chi connectivity index (χ4v) is 3.35. The molecule has 2 heterocycles. The molecule has 2 N–H and O–H groups in total. The van der Waals surface area contributed by atoms with Gasteiger partial charge in [0.05, 0.1) is 10.5 Å². The molecular weight excluding hydrogens is 281 g/mol. The van der Waals surface area contributed by atoms with Crippen LogP contribution in [0.1, 0.15) is 16.8 Å². The van der Waals surface area contributed by atoms with Crippen molar-refractivity contribution in [2.45, 2.75) is 19.5 Å². The van der Waals surface area contributed by atoms with Gasteiger partial charge in [0.1, 0.15) is 0 Å². The molecule has 0 aliphatic carbocycles. The normalized spacial score (nSPS) is 15.8. The van der Waals surface area contributed by atoms with E-state index in [0.717, 1.165) is 41.7 Å². The highest BCUT2D eigenvalue weighted by molar-refractivity contribution is 6.38. The number of nitrogens with zero attached hydrogens (tertiary/aromatic N) is 2. The van der Waals surface area contributed by atoms with E-state index < -0.39 is 0 Å². The van der Waals surface area contributed by atoms with Gasteiger partial charge in [0, 0.05) is 42.2 Å². The topological polar surface area (TPSA) is 42.2 Å². The van der Waals surface area contributed by atoms with Crippen molar-refractivity contribution in [2.24, 2.45) is 5.73 Å². The Labute approximate surface area is 122 Å². The Morgan fingerprint density at radius 1 is 1.37 bits per heavy atom. The van der Waals surface area contributed by atoms with E-state index in [4.69, 9.17) is 33.9 Å². The number of hydrogen-bond donors (Lipinski definition) is 1. The molecule has 1 aliphatic heterocycles. The molecule has 0 saturated carbocycles. The minimum Gasteiger partial charge on any atom is -0.326 e. The predicted molar refractivity (Wildman–Crippen MR) is 79.7 cm³/mol. The lowest BCUT2D eigenvalue weighted by molar-refractivity contribution is 0.309. The molecular formula is C14H15Cl2N3. The number of halogens is 2. The van der Waals surface area contributed by atoms with Gasteiger partial charge in [-0.25, -0.2) is 0 Å². The van der Waals surface area contributed by atoms with Crippen molar-refractivity contribution >= 4 is 34.1 Å². The Morgan fingerprint density at radius 3 is 2.89 bits per heavy atom. The summed E-state index contributed by atoms with van der Waals surface area (Å²) >= 11 is 12.4. The minimum absolute atomic E-state index is 0.469. The Bertz CT molecular complexity index is 655. The maximum atomic E-state index is 6.33. The Morgan fingerprint density at radius 2 is 2.16 bits per heavy atom. The van der Waals surface area contributed by atoms with Gasteiger partial charge in [-0.2, -0.15) is 0 Å². The zero-order valence-corrected chi connectivity index (χ0v) is 12.2. The van der Waals surface area contributed by atoms with E-state index in [1.54, 1.807) is 6.07 Å². The van der Waals surface area contributed by atoms with E-state index in [1.165, 1.54) is 5.56 Å². The van der Waals surface area contributed by atoms with E-state index in [9.17, 15) is 0 Å². The first-order valence-electron chi connectivity index (χ1n) is 6.28. The van der Waals surface area contributed by atoms with Gasteiger partial charge in [-0.05, 0) is 30.3 Å². The Kier molecular flexibility index (Phi) is 3.39. The number of rotatable bonds is 1. The van der Waals surface area contributed by atoms with Crippen LogP contribution in [0.3, 0.4) is 0 Å². The fraction of sp³-hybridized carbons (Fsp3) is 0.357. The van der Waals surface area contributed by atoms with Gasteiger partial charge in [-0.3, -0.25) is 4.98 Å². The van der Waals surface area contributed by atoms with Crippen molar-refractivity contribution < 1.29 is 0 Å². The van der Waals surface area contributed by atoms with Gasteiger partial charge < -0.3 is 10.6 Å². The molecule has 100 valence electrons. The van der Waals surface area contributed by atoms with Crippen molar-refractivity contribution in [1.29, 1.82) is 0 Å². The Hall–Kier alpha value is -0.870. The van der Waals surface area contributed by atoms with Crippen molar-refractivity contribution in [2.75, 3.05) is 13.6 Å². The average molecular weight is 296 g/mol. The molecule has 0 saturated heterocycles. The van der Waals surface area contributed by atoms with E-state index >= 15 is 0 Å². The molecule has 0 radical (unpaired) electrons. The molecule has 19 heavy (non-hydrogen) atoms. The van der Waals surface area contributed by atoms with Crippen LogP contribution in [0.2, 0.25) is 10.0 Å². The monoisotopic (exact) mass is 295 g/mol. The molecule has 0 spiro atoms. The summed E-state index contributed by atoms with van der Waals surface area (Å²) in [6.07, 6.45) is 0.943. The van der Waals surface area contributed by atoms with Crippen molar-refractivity contribution in [3.8, 4) is 0 Å². The molecule has 0 bridgehead atoms. The molecule has 0 amide bonds. The van der Waals surface area contributed by atoms with Crippen LogP contribution < -0.4 is 5.73 Å². The molecule has 1 aliphatic rings. The van der Waals surface area contributed by atoms with Crippen molar-refractivity contribution in [3.05, 3.63) is 39.0 Å². The van der Waals surface area contributed by atoms with Gasteiger partial charge in [-0.15, -0.1) is 0 Å². The minimum atomic E-state index is 0.469. The van der Waals surface area contributed by atoms with Gasteiger partial charge >= 0.3 is 0 Å². The maximum Gasteiger partial charge on any atom is 0.0738 e. The average Bonchev–Trinajstić information content (AvgIpc) is 2.36. The van der Waals surface area contributed by atoms with Crippen LogP contribution in [0.15, 0.2) is 12.1 Å². The second kappa shape index (κ2) is 4.91. The van der Waals surface area contributed by atoms with Crippen LogP contribution in [-0.2, 0) is 19.5 Å². The summed E-state index contributed by atoms with van der Waals surface area (Å²) in [5, 5.41) is 2.19. The zero-order valence-electron chi connectivity index (χ0n) is 10.7. The zero-order chi connectivity index (χ0) is 13.6. The maximum absolute atomic E-state index is 6.33. The van der Waals surface area contributed by atoms with Crippen LogP contribution in [-0.4, -0.2) is 23.5 Å². The SMILES string of the molecule is CN1CCc2nc3cc(Cl)cc(Cl)c3c(CN)c2C1. The third-order valence-corrected chi connectivity index (χ3v) is 4.18. The first-order valence-corrected chi connectivity index (χ1v) is 7.03. The third kappa shape index (κ3) is 2.21. The largest absolute Gasteiger partial charge is 0.326 e. The molecule has 1 aromatic carbocycles. The lowest BCUT2D eigenvalue weighted by atomic mass is 9.96. The standard InChI is InChI=1S/C14H15Cl2N3/c1-19-3-2-12-10(7-19)9(6-17)14-11(16)4-8(15)5-13(14)18-12/h4-5H,2-3,6-7,17H2,1H3. The fourth-order valence-electron chi connectivity index (χ4n) is 2.75. The number of benzene rings is 1.